The van der Waals surface area contributed by atoms with E-state index in [1.165, 1.54) is 19.3 Å². The van der Waals surface area contributed by atoms with Crippen LogP contribution < -0.4 is 10.6 Å². The van der Waals surface area contributed by atoms with Gasteiger partial charge in [-0.15, -0.1) is 0 Å². The lowest BCUT2D eigenvalue weighted by atomic mass is 9.85. The fourth-order valence-corrected chi connectivity index (χ4v) is 2.06. The number of hydrogen-bond donors (Lipinski definition) is 3. The summed E-state index contributed by atoms with van der Waals surface area (Å²) in [7, 11) is 0. The van der Waals surface area contributed by atoms with Gasteiger partial charge >= 0.3 is 12.0 Å². The number of hydrogen-bond acceptors (Lipinski definition) is 2. The lowest BCUT2D eigenvalue weighted by Gasteiger charge is -2.25. The molecule has 3 N–H and O–H groups in total. The van der Waals surface area contributed by atoms with E-state index in [0.29, 0.717) is 23.7 Å². The quantitative estimate of drug-likeness (QED) is 0.761. The van der Waals surface area contributed by atoms with E-state index in [1.54, 1.807) is 24.3 Å². The number of anilines is 1. The van der Waals surface area contributed by atoms with Crippen LogP contribution in [0.3, 0.4) is 0 Å². The van der Waals surface area contributed by atoms with Crippen LogP contribution in [0.5, 0.6) is 0 Å². The molecule has 0 bridgehead atoms. The molecule has 0 aliphatic heterocycles. The lowest BCUT2D eigenvalue weighted by Crippen LogP contribution is -2.35. The standard InChI is InChI=1S/C14H18N2O3/c17-13(18)8-11-6-1-2-7-12(11)16-14(19)15-9-10-4-3-5-10/h1-2,6-7,10H,3-5,8-9H2,(H,17,18)(H2,15,16,19). The van der Waals surface area contributed by atoms with Crippen LogP contribution in [0.2, 0.25) is 0 Å². The zero-order valence-electron chi connectivity index (χ0n) is 10.7. The van der Waals surface area contributed by atoms with E-state index >= 15 is 0 Å². The van der Waals surface area contributed by atoms with E-state index in [2.05, 4.69) is 10.6 Å². The Hall–Kier alpha value is -2.04. The minimum Gasteiger partial charge on any atom is -0.481 e. The smallest absolute Gasteiger partial charge is 0.319 e. The topological polar surface area (TPSA) is 78.4 Å². The average molecular weight is 262 g/mol. The maximum atomic E-state index is 11.7. The number of para-hydroxylation sites is 1. The molecule has 0 unspecified atom stereocenters. The van der Waals surface area contributed by atoms with Gasteiger partial charge in [-0.05, 0) is 30.4 Å². The Morgan fingerprint density at radius 2 is 2.00 bits per heavy atom. The number of carbonyl (C=O) groups excluding carboxylic acids is 1. The van der Waals surface area contributed by atoms with Crippen LogP contribution in [0.15, 0.2) is 24.3 Å². The summed E-state index contributed by atoms with van der Waals surface area (Å²) in [4.78, 5) is 22.5. The molecule has 0 spiro atoms. The van der Waals surface area contributed by atoms with Gasteiger partial charge in [0.05, 0.1) is 6.42 Å². The van der Waals surface area contributed by atoms with Crippen LogP contribution in [-0.2, 0) is 11.2 Å². The first kappa shape index (κ1) is 13.4. The molecular weight excluding hydrogens is 244 g/mol. The number of rotatable bonds is 5. The highest BCUT2D eigenvalue weighted by atomic mass is 16.4. The van der Waals surface area contributed by atoms with Gasteiger partial charge in [-0.3, -0.25) is 4.79 Å². The van der Waals surface area contributed by atoms with Crippen molar-refractivity contribution in [3.8, 4) is 0 Å². The van der Waals surface area contributed by atoms with E-state index in [0.717, 1.165) is 0 Å². The average Bonchev–Trinajstić information content (AvgIpc) is 2.29. The Bertz CT molecular complexity index is 470. The van der Waals surface area contributed by atoms with Gasteiger partial charge in [0.15, 0.2) is 0 Å². The second-order valence-electron chi connectivity index (χ2n) is 4.86. The van der Waals surface area contributed by atoms with Crippen molar-refractivity contribution in [1.82, 2.24) is 5.32 Å². The Morgan fingerprint density at radius 1 is 1.26 bits per heavy atom. The molecule has 1 aromatic rings. The summed E-state index contributed by atoms with van der Waals surface area (Å²) < 4.78 is 0. The normalized spacial score (nSPS) is 14.5. The molecule has 1 fully saturated rings. The summed E-state index contributed by atoms with van der Waals surface area (Å²) in [5.74, 6) is -0.316. The van der Waals surface area contributed by atoms with Gasteiger partial charge in [0.25, 0.3) is 0 Å². The lowest BCUT2D eigenvalue weighted by molar-refractivity contribution is -0.136. The van der Waals surface area contributed by atoms with E-state index in [9.17, 15) is 9.59 Å². The highest BCUT2D eigenvalue weighted by molar-refractivity contribution is 5.90. The molecule has 5 heteroatoms. The Labute approximate surface area is 112 Å². The monoisotopic (exact) mass is 262 g/mol. The molecule has 0 aromatic heterocycles. The summed E-state index contributed by atoms with van der Waals surface area (Å²) in [6, 6.07) is 6.67. The number of carboxylic acids is 1. The minimum atomic E-state index is -0.913. The Morgan fingerprint density at radius 3 is 2.63 bits per heavy atom. The molecule has 0 radical (unpaired) electrons. The molecule has 0 heterocycles. The van der Waals surface area contributed by atoms with E-state index in [-0.39, 0.29) is 12.5 Å². The van der Waals surface area contributed by atoms with Crippen molar-refractivity contribution in [3.63, 3.8) is 0 Å². The second-order valence-corrected chi connectivity index (χ2v) is 4.86. The molecule has 1 saturated carbocycles. The molecule has 102 valence electrons. The van der Waals surface area contributed by atoms with Crippen LogP contribution in [0.25, 0.3) is 0 Å². The first-order chi connectivity index (χ1) is 9.15. The third kappa shape index (κ3) is 3.98. The second kappa shape index (κ2) is 6.22. The van der Waals surface area contributed by atoms with Crippen LogP contribution in [-0.4, -0.2) is 23.7 Å². The number of benzene rings is 1. The van der Waals surface area contributed by atoms with Gasteiger partial charge in [0.2, 0.25) is 0 Å². The Kier molecular flexibility index (Phi) is 4.39. The van der Waals surface area contributed by atoms with Crippen molar-refractivity contribution in [2.45, 2.75) is 25.7 Å². The van der Waals surface area contributed by atoms with E-state index in [1.807, 2.05) is 0 Å². The molecule has 1 aliphatic rings. The van der Waals surface area contributed by atoms with Gasteiger partial charge in [0.1, 0.15) is 0 Å². The van der Waals surface area contributed by atoms with Crippen LogP contribution in [0.1, 0.15) is 24.8 Å². The van der Waals surface area contributed by atoms with Gasteiger partial charge in [-0.25, -0.2) is 4.79 Å². The first-order valence-electron chi connectivity index (χ1n) is 6.49. The largest absolute Gasteiger partial charge is 0.481 e. The third-order valence-corrected chi connectivity index (χ3v) is 3.38. The summed E-state index contributed by atoms with van der Waals surface area (Å²) in [5.41, 5.74) is 1.16. The van der Waals surface area contributed by atoms with Crippen LogP contribution >= 0.6 is 0 Å². The molecular formula is C14H18N2O3. The van der Waals surface area contributed by atoms with Crippen molar-refractivity contribution < 1.29 is 14.7 Å². The van der Waals surface area contributed by atoms with Crippen molar-refractivity contribution >= 4 is 17.7 Å². The number of urea groups is 1. The van der Waals surface area contributed by atoms with Gasteiger partial charge in [0, 0.05) is 12.2 Å². The summed E-state index contributed by atoms with van der Waals surface area (Å²) in [6.07, 6.45) is 3.50. The molecule has 5 nitrogen and oxygen atoms in total. The number of nitrogens with one attached hydrogen (secondary N) is 2. The van der Waals surface area contributed by atoms with Crippen LogP contribution in [0.4, 0.5) is 10.5 Å². The predicted octanol–water partition coefficient (Wildman–Crippen LogP) is 2.24. The highest BCUT2D eigenvalue weighted by Crippen LogP contribution is 2.25. The molecule has 1 aliphatic carbocycles. The fraction of sp³-hybridized carbons (Fsp3) is 0.429. The maximum Gasteiger partial charge on any atom is 0.319 e. The van der Waals surface area contributed by atoms with Crippen LogP contribution in [0, 0.1) is 5.92 Å². The first-order valence-corrected chi connectivity index (χ1v) is 6.49. The van der Waals surface area contributed by atoms with Crippen molar-refractivity contribution in [2.24, 2.45) is 5.92 Å². The Balaban J connectivity index is 1.89. The summed E-state index contributed by atoms with van der Waals surface area (Å²) in [5, 5.41) is 14.3. The number of carboxylic acid groups (broad SMARTS) is 1. The van der Waals surface area contributed by atoms with Crippen molar-refractivity contribution in [3.05, 3.63) is 29.8 Å². The minimum absolute atomic E-state index is 0.0981. The highest BCUT2D eigenvalue weighted by Gasteiger charge is 2.18. The van der Waals surface area contributed by atoms with Crippen molar-refractivity contribution in [1.29, 1.82) is 0 Å². The molecule has 0 atom stereocenters. The van der Waals surface area contributed by atoms with Gasteiger partial charge < -0.3 is 15.7 Å². The summed E-state index contributed by atoms with van der Waals surface area (Å²) >= 11 is 0. The van der Waals surface area contributed by atoms with E-state index < -0.39 is 5.97 Å². The molecule has 2 amide bonds. The van der Waals surface area contributed by atoms with Gasteiger partial charge in [-0.1, -0.05) is 24.6 Å². The maximum absolute atomic E-state index is 11.7. The SMILES string of the molecule is O=C(O)Cc1ccccc1NC(=O)NCC1CCC1. The number of aliphatic carboxylic acids is 1. The number of amides is 2. The van der Waals surface area contributed by atoms with Crippen molar-refractivity contribution in [2.75, 3.05) is 11.9 Å². The number of carbonyl (C=O) groups is 2. The zero-order valence-corrected chi connectivity index (χ0v) is 10.7. The molecule has 19 heavy (non-hydrogen) atoms. The van der Waals surface area contributed by atoms with E-state index in [4.69, 9.17) is 5.11 Å². The molecule has 0 saturated heterocycles. The molecule has 1 aromatic carbocycles. The summed E-state index contributed by atoms with van der Waals surface area (Å²) in [6.45, 7) is 0.687. The predicted molar refractivity (Wildman–Crippen MR) is 72.1 cm³/mol. The fourth-order valence-electron chi connectivity index (χ4n) is 2.06. The third-order valence-electron chi connectivity index (χ3n) is 3.38. The zero-order chi connectivity index (χ0) is 13.7. The molecule has 2 rings (SSSR count). The van der Waals surface area contributed by atoms with Gasteiger partial charge in [-0.2, -0.15) is 0 Å².